The Morgan fingerprint density at radius 2 is 1.80 bits per heavy atom. The van der Waals surface area contributed by atoms with Crippen LogP contribution in [-0.4, -0.2) is 68.6 Å². The lowest BCUT2D eigenvalue weighted by atomic mass is 9.84. The van der Waals surface area contributed by atoms with E-state index in [-0.39, 0.29) is 29.3 Å². The van der Waals surface area contributed by atoms with Gasteiger partial charge in [0.15, 0.2) is 0 Å². The second kappa shape index (κ2) is 10.6. The van der Waals surface area contributed by atoms with Gasteiger partial charge in [-0.05, 0) is 81.0 Å². The highest BCUT2D eigenvalue weighted by Crippen LogP contribution is 2.56. The number of halogens is 1. The number of likely N-dealkylation sites (tertiary alicyclic amines) is 1. The van der Waals surface area contributed by atoms with Crippen LogP contribution in [0.25, 0.3) is 0 Å². The molecular formula is C32H37FN4O4. The minimum atomic E-state index is -0.724. The molecule has 2 N–H and O–H groups in total. The van der Waals surface area contributed by atoms with Crippen molar-refractivity contribution in [3.8, 4) is 5.75 Å². The number of ether oxygens (including phenoxy) is 2. The van der Waals surface area contributed by atoms with Crippen molar-refractivity contribution in [1.29, 1.82) is 0 Å². The Balaban J connectivity index is 1.32. The first-order valence-corrected chi connectivity index (χ1v) is 14.5. The van der Waals surface area contributed by atoms with E-state index in [1.807, 2.05) is 12.1 Å². The maximum atomic E-state index is 14.1. The molecule has 0 radical (unpaired) electrons. The van der Waals surface area contributed by atoms with E-state index >= 15 is 0 Å². The molecule has 2 aromatic carbocycles. The molecule has 2 saturated heterocycles. The van der Waals surface area contributed by atoms with Gasteiger partial charge in [0.25, 0.3) is 5.91 Å². The monoisotopic (exact) mass is 560 g/mol. The van der Waals surface area contributed by atoms with Crippen LogP contribution in [0.1, 0.15) is 44.6 Å². The molecule has 0 bridgehead atoms. The van der Waals surface area contributed by atoms with Crippen molar-refractivity contribution in [3.63, 3.8) is 0 Å². The fraction of sp³-hybridized carbons (Fsp3) is 0.469. The Kier molecular flexibility index (Phi) is 7.09. The summed E-state index contributed by atoms with van der Waals surface area (Å²) in [6, 6.07) is 15.3. The maximum Gasteiger partial charge on any atom is 0.354 e. The number of alkyl halides is 1. The van der Waals surface area contributed by atoms with Gasteiger partial charge in [-0.2, -0.15) is 0 Å². The first-order valence-electron chi connectivity index (χ1n) is 14.5. The van der Waals surface area contributed by atoms with Crippen LogP contribution in [0.3, 0.4) is 0 Å². The number of hydrogen-bond acceptors (Lipinski definition) is 7. The van der Waals surface area contributed by atoms with Gasteiger partial charge in [0, 0.05) is 48.3 Å². The van der Waals surface area contributed by atoms with Crippen LogP contribution in [0.5, 0.6) is 5.75 Å². The van der Waals surface area contributed by atoms with E-state index in [9.17, 15) is 14.0 Å². The predicted molar refractivity (Wildman–Crippen MR) is 155 cm³/mol. The van der Waals surface area contributed by atoms with Crippen LogP contribution < -0.4 is 15.4 Å². The highest BCUT2D eigenvalue weighted by Gasteiger charge is 2.56. The lowest BCUT2D eigenvalue weighted by Crippen LogP contribution is -2.50. The molecule has 4 aliphatic rings. The fourth-order valence-electron chi connectivity index (χ4n) is 6.36. The van der Waals surface area contributed by atoms with Crippen molar-refractivity contribution in [1.82, 2.24) is 4.90 Å². The smallest absolute Gasteiger partial charge is 0.354 e. The molecule has 216 valence electrons. The highest BCUT2D eigenvalue weighted by molar-refractivity contribution is 6.51. The number of carbonyl (C=O) groups excluding carboxylic acids is 2. The Morgan fingerprint density at radius 1 is 1.10 bits per heavy atom. The summed E-state index contributed by atoms with van der Waals surface area (Å²) >= 11 is 0. The zero-order chi connectivity index (χ0) is 28.8. The van der Waals surface area contributed by atoms with E-state index in [0.717, 1.165) is 44.5 Å². The summed E-state index contributed by atoms with van der Waals surface area (Å²) in [6.07, 6.45) is 3.65. The van der Waals surface area contributed by atoms with E-state index in [1.54, 1.807) is 43.2 Å². The Bertz CT molecular complexity index is 1390. The van der Waals surface area contributed by atoms with Gasteiger partial charge in [-0.3, -0.25) is 9.69 Å². The van der Waals surface area contributed by atoms with Gasteiger partial charge in [0.05, 0.1) is 19.4 Å². The second-order valence-corrected chi connectivity index (χ2v) is 11.8. The Morgan fingerprint density at radius 3 is 2.37 bits per heavy atom. The summed E-state index contributed by atoms with van der Waals surface area (Å²) in [5.74, 6) is -0.261. The number of piperidine rings is 1. The van der Waals surface area contributed by atoms with Crippen molar-refractivity contribution in [2.45, 2.75) is 50.6 Å². The van der Waals surface area contributed by atoms with Gasteiger partial charge in [0.1, 0.15) is 23.3 Å². The van der Waals surface area contributed by atoms with Crippen molar-refractivity contribution in [2.75, 3.05) is 44.8 Å². The normalized spacial score (nSPS) is 25.0. The van der Waals surface area contributed by atoms with E-state index < -0.39 is 17.6 Å². The van der Waals surface area contributed by atoms with E-state index in [4.69, 9.17) is 20.2 Å². The van der Waals surface area contributed by atoms with Gasteiger partial charge < -0.3 is 20.1 Å². The molecule has 2 aliphatic heterocycles. The zero-order valence-corrected chi connectivity index (χ0v) is 23.7. The molecule has 6 rings (SSSR count). The average Bonchev–Trinajstić information content (AvgIpc) is 3.90. The van der Waals surface area contributed by atoms with E-state index in [1.165, 1.54) is 5.56 Å². The fourth-order valence-corrected chi connectivity index (χ4v) is 6.36. The van der Waals surface area contributed by atoms with Crippen LogP contribution in [-0.2, 0) is 19.7 Å². The summed E-state index contributed by atoms with van der Waals surface area (Å²) in [5, 5.41) is 0. The van der Waals surface area contributed by atoms with Crippen LogP contribution in [0.15, 0.2) is 64.8 Å². The number of benzene rings is 2. The second-order valence-electron chi connectivity index (χ2n) is 11.8. The molecule has 2 aromatic rings. The zero-order valence-electron chi connectivity index (χ0n) is 23.7. The van der Waals surface area contributed by atoms with Crippen molar-refractivity contribution in [3.05, 3.63) is 65.4 Å². The van der Waals surface area contributed by atoms with E-state index in [0.29, 0.717) is 36.5 Å². The molecule has 1 spiro atoms. The molecule has 1 atom stereocenters. The predicted octanol–water partition coefficient (Wildman–Crippen LogP) is 4.45. The molecular weight excluding hydrogens is 523 g/mol. The SMILES string of the molecule is CCOC(=O)C(N)=C1C(=Nc2ccc(OC)cc2)C(=O)N(c2ccc(C3(CN4CC[C@@H](F)C4)CC3)cc2)CC12CC2. The third-order valence-electron chi connectivity index (χ3n) is 8.99. The van der Waals surface area contributed by atoms with Crippen molar-refractivity contribution < 1.29 is 23.5 Å². The summed E-state index contributed by atoms with van der Waals surface area (Å²) < 4.78 is 24.2. The number of nitrogens with two attached hydrogens (primary N) is 1. The summed E-state index contributed by atoms with van der Waals surface area (Å²) in [5.41, 5.74) is 9.17. The molecule has 9 heteroatoms. The third kappa shape index (κ3) is 5.23. The number of carbonyl (C=O) groups is 2. The summed E-state index contributed by atoms with van der Waals surface area (Å²) in [7, 11) is 1.59. The molecule has 2 saturated carbocycles. The first kappa shape index (κ1) is 27.4. The number of esters is 1. The standard InChI is InChI=1S/C32H37FN4O4/c1-3-41-30(39)27(34)26-28(35-23-6-10-25(40-2)11-7-23)29(38)37(20-32(26)15-16-32)24-8-4-21(5-9-24)31(13-14-31)19-36-17-12-22(33)18-36/h4-11,22H,3,12-20,34H2,1-2H3/t22-/m1/s1. The number of nitrogens with zero attached hydrogens (tertiary/aromatic N) is 3. The molecule has 0 unspecified atom stereocenters. The van der Waals surface area contributed by atoms with Crippen LogP contribution in [0.2, 0.25) is 0 Å². The molecule has 41 heavy (non-hydrogen) atoms. The number of rotatable bonds is 8. The minimum Gasteiger partial charge on any atom is -0.497 e. The molecule has 8 nitrogen and oxygen atoms in total. The van der Waals surface area contributed by atoms with Crippen LogP contribution in [0, 0.1) is 5.41 Å². The Hall–Kier alpha value is -3.72. The average molecular weight is 561 g/mol. The van der Waals surface area contributed by atoms with Gasteiger partial charge in [-0.15, -0.1) is 0 Å². The molecule has 1 amide bonds. The van der Waals surface area contributed by atoms with E-state index in [2.05, 4.69) is 17.0 Å². The number of amides is 1. The first-order chi connectivity index (χ1) is 19.8. The molecule has 4 fully saturated rings. The summed E-state index contributed by atoms with van der Waals surface area (Å²) in [6.45, 7) is 4.53. The quantitative estimate of drug-likeness (QED) is 0.379. The lowest BCUT2D eigenvalue weighted by Gasteiger charge is -2.36. The van der Waals surface area contributed by atoms with Gasteiger partial charge in [0.2, 0.25) is 0 Å². The minimum absolute atomic E-state index is 0.0481. The summed E-state index contributed by atoms with van der Waals surface area (Å²) in [4.78, 5) is 35.6. The maximum absolute atomic E-state index is 14.1. The number of aliphatic imine (C=N–C) groups is 1. The van der Waals surface area contributed by atoms with Gasteiger partial charge in [-0.1, -0.05) is 12.1 Å². The van der Waals surface area contributed by atoms with Gasteiger partial charge >= 0.3 is 5.97 Å². The van der Waals surface area contributed by atoms with Crippen LogP contribution in [0.4, 0.5) is 15.8 Å². The number of anilines is 1. The topological polar surface area (TPSA) is 97.5 Å². The van der Waals surface area contributed by atoms with Crippen molar-refractivity contribution >= 4 is 29.0 Å². The van der Waals surface area contributed by atoms with Crippen LogP contribution >= 0.6 is 0 Å². The largest absolute Gasteiger partial charge is 0.497 e. The highest BCUT2D eigenvalue weighted by atomic mass is 19.1. The molecule has 2 heterocycles. The Labute approximate surface area is 240 Å². The van der Waals surface area contributed by atoms with Gasteiger partial charge in [-0.25, -0.2) is 14.2 Å². The number of hydrogen-bond donors (Lipinski definition) is 1. The third-order valence-corrected chi connectivity index (χ3v) is 8.99. The molecule has 0 aromatic heterocycles. The lowest BCUT2D eigenvalue weighted by molar-refractivity contribution is -0.138. The van der Waals surface area contributed by atoms with Crippen molar-refractivity contribution in [2.24, 2.45) is 16.1 Å². The number of methoxy groups -OCH3 is 1. The molecule has 2 aliphatic carbocycles.